The minimum absolute atomic E-state index is 0.0288. The summed E-state index contributed by atoms with van der Waals surface area (Å²) in [4.78, 5) is 20.5. The fraction of sp³-hybridized carbons (Fsp3) is 0.500. The van der Waals surface area contributed by atoms with Crippen LogP contribution < -0.4 is 10.2 Å². The molecule has 0 unspecified atom stereocenters. The molecular weight excluding hydrogens is 318 g/mol. The van der Waals surface area contributed by atoms with Crippen LogP contribution in [0, 0.1) is 0 Å². The molecule has 1 saturated heterocycles. The van der Waals surface area contributed by atoms with Gasteiger partial charge in [-0.1, -0.05) is 5.16 Å². The van der Waals surface area contributed by atoms with Gasteiger partial charge in [-0.05, 0) is 44.0 Å². The molecule has 4 rings (SSSR count). The average molecular weight is 341 g/mol. The maximum atomic E-state index is 11.9. The van der Waals surface area contributed by atoms with Crippen molar-refractivity contribution >= 4 is 11.7 Å². The summed E-state index contributed by atoms with van der Waals surface area (Å²) in [7, 11) is 0. The third-order valence-corrected chi connectivity index (χ3v) is 4.75. The van der Waals surface area contributed by atoms with E-state index in [0.717, 1.165) is 56.2 Å². The van der Waals surface area contributed by atoms with Crippen molar-refractivity contribution in [3.8, 4) is 11.4 Å². The molecule has 25 heavy (non-hydrogen) atoms. The van der Waals surface area contributed by atoms with Gasteiger partial charge in [-0.2, -0.15) is 4.98 Å². The van der Waals surface area contributed by atoms with Gasteiger partial charge in [0.25, 0.3) is 0 Å². The van der Waals surface area contributed by atoms with Crippen molar-refractivity contribution in [2.45, 2.75) is 25.7 Å². The van der Waals surface area contributed by atoms with Crippen molar-refractivity contribution in [1.29, 1.82) is 0 Å². The lowest BCUT2D eigenvalue weighted by atomic mass is 10.1. The zero-order valence-corrected chi connectivity index (χ0v) is 14.4. The highest BCUT2D eigenvalue weighted by Crippen LogP contribution is 2.39. The Bertz CT molecular complexity index is 730. The van der Waals surface area contributed by atoms with Crippen LogP contribution in [0.5, 0.6) is 0 Å². The van der Waals surface area contributed by atoms with Crippen LogP contribution in [0.4, 0.5) is 10.5 Å². The van der Waals surface area contributed by atoms with E-state index in [1.165, 1.54) is 0 Å². The molecule has 0 spiro atoms. The smallest absolute Gasteiger partial charge is 0.317 e. The number of hydrogen-bond acceptors (Lipinski definition) is 5. The summed E-state index contributed by atoms with van der Waals surface area (Å²) in [5, 5.41) is 6.94. The summed E-state index contributed by atoms with van der Waals surface area (Å²) in [5.41, 5.74) is 2.13. The Balaban J connectivity index is 1.38. The lowest BCUT2D eigenvalue weighted by molar-refractivity contribution is 0.195. The predicted octanol–water partition coefficient (Wildman–Crippen LogP) is 2.47. The van der Waals surface area contributed by atoms with Crippen LogP contribution in [0.3, 0.4) is 0 Å². The second-order valence-corrected chi connectivity index (χ2v) is 6.59. The number of amides is 2. The second-order valence-electron chi connectivity index (χ2n) is 6.59. The van der Waals surface area contributed by atoms with Crippen LogP contribution in [0.2, 0.25) is 0 Å². The molecule has 1 aromatic heterocycles. The van der Waals surface area contributed by atoms with Crippen molar-refractivity contribution in [2.75, 3.05) is 37.6 Å². The summed E-state index contributed by atoms with van der Waals surface area (Å²) < 4.78 is 5.33. The van der Waals surface area contributed by atoms with Crippen molar-refractivity contribution in [1.82, 2.24) is 20.4 Å². The Hall–Kier alpha value is -2.57. The van der Waals surface area contributed by atoms with Gasteiger partial charge in [-0.15, -0.1) is 0 Å². The zero-order valence-electron chi connectivity index (χ0n) is 14.4. The molecule has 2 heterocycles. The van der Waals surface area contributed by atoms with E-state index in [9.17, 15) is 4.79 Å². The Kier molecular flexibility index (Phi) is 4.29. The molecule has 7 nitrogen and oxygen atoms in total. The van der Waals surface area contributed by atoms with E-state index in [1.807, 2.05) is 24.0 Å². The molecule has 2 fully saturated rings. The Morgan fingerprint density at radius 3 is 2.56 bits per heavy atom. The summed E-state index contributed by atoms with van der Waals surface area (Å²) in [6.45, 7) is 5.76. The van der Waals surface area contributed by atoms with Gasteiger partial charge in [-0.25, -0.2) is 4.79 Å². The molecule has 2 amide bonds. The van der Waals surface area contributed by atoms with Gasteiger partial charge in [0.05, 0.1) is 0 Å². The fourth-order valence-electron chi connectivity index (χ4n) is 3.10. The van der Waals surface area contributed by atoms with Gasteiger partial charge in [0.1, 0.15) is 0 Å². The number of nitrogens with one attached hydrogen (secondary N) is 1. The second kappa shape index (κ2) is 6.74. The van der Waals surface area contributed by atoms with Crippen LogP contribution in [-0.2, 0) is 0 Å². The first-order valence-corrected chi connectivity index (χ1v) is 8.96. The molecule has 1 saturated carbocycles. The van der Waals surface area contributed by atoms with E-state index in [0.29, 0.717) is 18.3 Å². The molecule has 132 valence electrons. The van der Waals surface area contributed by atoms with E-state index in [1.54, 1.807) is 0 Å². The number of anilines is 1. The Morgan fingerprint density at radius 1 is 1.20 bits per heavy atom. The summed E-state index contributed by atoms with van der Waals surface area (Å²) in [6.07, 6.45) is 2.31. The number of benzene rings is 1. The first kappa shape index (κ1) is 15.9. The fourth-order valence-corrected chi connectivity index (χ4v) is 3.10. The summed E-state index contributed by atoms with van der Waals surface area (Å²) in [6, 6.07) is 8.27. The van der Waals surface area contributed by atoms with Gasteiger partial charge in [0.15, 0.2) is 0 Å². The third-order valence-electron chi connectivity index (χ3n) is 4.75. The van der Waals surface area contributed by atoms with Gasteiger partial charge in [0.2, 0.25) is 11.7 Å². The van der Waals surface area contributed by atoms with Gasteiger partial charge >= 0.3 is 6.03 Å². The van der Waals surface area contributed by atoms with E-state index < -0.39 is 0 Å². The number of urea groups is 1. The number of hydrogen-bond donors (Lipinski definition) is 1. The first-order chi connectivity index (χ1) is 12.2. The molecule has 1 aromatic carbocycles. The van der Waals surface area contributed by atoms with Crippen molar-refractivity contribution in [3.63, 3.8) is 0 Å². The average Bonchev–Trinajstić information content (AvgIpc) is 3.39. The van der Waals surface area contributed by atoms with Crippen LogP contribution in [0.15, 0.2) is 28.8 Å². The van der Waals surface area contributed by atoms with Crippen LogP contribution in [-0.4, -0.2) is 53.8 Å². The van der Waals surface area contributed by atoms with Crippen LogP contribution in [0.25, 0.3) is 11.4 Å². The van der Waals surface area contributed by atoms with Crippen LogP contribution >= 0.6 is 0 Å². The molecule has 2 aliphatic rings. The molecule has 0 atom stereocenters. The Labute approximate surface area is 147 Å². The lowest BCUT2D eigenvalue weighted by Gasteiger charge is -2.36. The number of piperazine rings is 1. The van der Waals surface area contributed by atoms with E-state index in [4.69, 9.17) is 4.52 Å². The highest BCUT2D eigenvalue weighted by Gasteiger charge is 2.29. The molecule has 1 aliphatic carbocycles. The number of carbonyl (C=O) groups excluding carboxylic acids is 1. The topological polar surface area (TPSA) is 74.5 Å². The highest BCUT2D eigenvalue weighted by molar-refractivity contribution is 5.74. The maximum absolute atomic E-state index is 11.9. The predicted molar refractivity (Wildman–Crippen MR) is 94.6 cm³/mol. The number of rotatable bonds is 4. The molecule has 2 aromatic rings. The van der Waals surface area contributed by atoms with E-state index in [-0.39, 0.29) is 6.03 Å². The van der Waals surface area contributed by atoms with Crippen molar-refractivity contribution in [3.05, 3.63) is 30.2 Å². The van der Waals surface area contributed by atoms with Gasteiger partial charge in [-0.3, -0.25) is 0 Å². The SMILES string of the molecule is CCNC(=O)N1CCN(c2ccc(-c3noc(C4CC4)n3)cc2)CC1. The number of nitrogens with zero attached hydrogens (tertiary/aromatic N) is 4. The minimum Gasteiger partial charge on any atom is -0.368 e. The van der Waals surface area contributed by atoms with Crippen molar-refractivity contribution < 1.29 is 9.32 Å². The van der Waals surface area contributed by atoms with E-state index >= 15 is 0 Å². The van der Waals surface area contributed by atoms with Gasteiger partial charge in [0, 0.05) is 49.9 Å². The zero-order chi connectivity index (χ0) is 17.2. The monoisotopic (exact) mass is 341 g/mol. The largest absolute Gasteiger partial charge is 0.368 e. The number of carbonyl (C=O) groups is 1. The highest BCUT2D eigenvalue weighted by atomic mass is 16.5. The molecular formula is C18H23N5O2. The molecule has 0 radical (unpaired) electrons. The normalized spacial score (nSPS) is 17.6. The quantitative estimate of drug-likeness (QED) is 0.925. The van der Waals surface area contributed by atoms with Gasteiger partial charge < -0.3 is 19.6 Å². The number of aromatic nitrogens is 2. The molecule has 1 N–H and O–H groups in total. The van der Waals surface area contributed by atoms with E-state index in [2.05, 4.69) is 32.5 Å². The third kappa shape index (κ3) is 3.45. The summed E-state index contributed by atoms with van der Waals surface area (Å²) >= 11 is 0. The first-order valence-electron chi connectivity index (χ1n) is 8.96. The van der Waals surface area contributed by atoms with Crippen molar-refractivity contribution in [2.24, 2.45) is 0 Å². The lowest BCUT2D eigenvalue weighted by Crippen LogP contribution is -2.51. The van der Waals surface area contributed by atoms with Crippen LogP contribution in [0.1, 0.15) is 31.6 Å². The molecule has 1 aliphatic heterocycles. The standard InChI is InChI=1S/C18H23N5O2/c1-2-19-18(24)23-11-9-22(10-12-23)15-7-5-13(6-8-15)16-20-17(25-21-16)14-3-4-14/h5-8,14H,2-4,9-12H2,1H3,(H,19,24). The molecule has 0 bridgehead atoms. The molecule has 7 heteroatoms. The minimum atomic E-state index is 0.0288. The maximum Gasteiger partial charge on any atom is 0.317 e. The summed E-state index contributed by atoms with van der Waals surface area (Å²) in [5.74, 6) is 1.90. The Morgan fingerprint density at radius 2 is 1.92 bits per heavy atom.